The number of hydrogen-bond acceptors (Lipinski definition) is 9. The van der Waals surface area contributed by atoms with Crippen LogP contribution < -0.4 is 16.0 Å². The molecule has 0 fully saturated rings. The van der Waals surface area contributed by atoms with Crippen molar-refractivity contribution in [2.45, 2.75) is 51.5 Å². The summed E-state index contributed by atoms with van der Waals surface area (Å²) >= 11 is 1.61. The fourth-order valence-electron chi connectivity index (χ4n) is 4.18. The lowest BCUT2D eigenvalue weighted by Crippen LogP contribution is -2.22. The molecular formula is C30H35N7O3S. The SMILES string of the molecule is COC(=O)NCc1cccc(CC(=O)Nc2ccc(CCCCc3nnc(NCC(C)c4ccccc4)s3)nn2)c1. The van der Waals surface area contributed by atoms with Crippen molar-refractivity contribution in [2.24, 2.45) is 0 Å². The van der Waals surface area contributed by atoms with E-state index < -0.39 is 6.09 Å². The van der Waals surface area contributed by atoms with E-state index in [9.17, 15) is 9.59 Å². The minimum atomic E-state index is -0.501. The Hall–Kier alpha value is -4.38. The van der Waals surface area contributed by atoms with Gasteiger partial charge in [0.2, 0.25) is 11.0 Å². The van der Waals surface area contributed by atoms with Gasteiger partial charge in [0.15, 0.2) is 5.82 Å². The van der Waals surface area contributed by atoms with Crippen molar-refractivity contribution in [3.63, 3.8) is 0 Å². The molecule has 2 amide bonds. The number of amides is 2. The molecule has 4 aromatic rings. The molecule has 0 aliphatic carbocycles. The Morgan fingerprint density at radius 1 is 0.902 bits per heavy atom. The number of nitrogens with one attached hydrogen (secondary N) is 3. The first-order chi connectivity index (χ1) is 20.0. The minimum Gasteiger partial charge on any atom is -0.453 e. The first-order valence-corrected chi connectivity index (χ1v) is 14.4. The Labute approximate surface area is 244 Å². The summed E-state index contributed by atoms with van der Waals surface area (Å²) < 4.78 is 4.58. The maximum atomic E-state index is 12.5. The summed E-state index contributed by atoms with van der Waals surface area (Å²) in [5.74, 6) is 0.618. The number of ether oxygens (including phenoxy) is 1. The number of rotatable bonds is 14. The quantitative estimate of drug-likeness (QED) is 0.177. The van der Waals surface area contributed by atoms with Gasteiger partial charge in [0.1, 0.15) is 5.01 Å². The number of methoxy groups -OCH3 is 1. The number of aryl methyl sites for hydroxylation is 2. The summed E-state index contributed by atoms with van der Waals surface area (Å²) in [5.41, 5.74) is 3.89. The number of nitrogens with zero attached hydrogens (tertiary/aromatic N) is 4. The average molecular weight is 574 g/mol. The molecule has 0 saturated carbocycles. The second kappa shape index (κ2) is 15.4. The van der Waals surface area contributed by atoms with Crippen LogP contribution in [0.2, 0.25) is 0 Å². The van der Waals surface area contributed by atoms with Gasteiger partial charge in [0.25, 0.3) is 0 Å². The van der Waals surface area contributed by atoms with Crippen molar-refractivity contribution in [1.82, 2.24) is 25.7 Å². The molecule has 0 bridgehead atoms. The number of unbranched alkanes of at least 4 members (excludes halogenated alkanes) is 1. The lowest BCUT2D eigenvalue weighted by atomic mass is 10.0. The minimum absolute atomic E-state index is 0.185. The Balaban J connectivity index is 1.14. The summed E-state index contributed by atoms with van der Waals surface area (Å²) in [5, 5.41) is 27.7. The van der Waals surface area contributed by atoms with Crippen LogP contribution in [0.1, 0.15) is 53.1 Å². The predicted octanol–water partition coefficient (Wildman–Crippen LogP) is 5.15. The number of aromatic nitrogens is 4. The Bertz CT molecular complexity index is 1400. The molecule has 3 N–H and O–H groups in total. The van der Waals surface area contributed by atoms with Crippen molar-refractivity contribution in [2.75, 3.05) is 24.3 Å². The van der Waals surface area contributed by atoms with Crippen molar-refractivity contribution in [3.05, 3.63) is 94.1 Å². The van der Waals surface area contributed by atoms with E-state index in [1.165, 1.54) is 12.7 Å². The van der Waals surface area contributed by atoms with E-state index in [-0.39, 0.29) is 12.3 Å². The van der Waals surface area contributed by atoms with Crippen molar-refractivity contribution in [1.29, 1.82) is 0 Å². The molecule has 10 nitrogen and oxygen atoms in total. The van der Waals surface area contributed by atoms with Crippen molar-refractivity contribution < 1.29 is 14.3 Å². The van der Waals surface area contributed by atoms with Crippen molar-refractivity contribution in [3.8, 4) is 0 Å². The van der Waals surface area contributed by atoms with E-state index in [4.69, 9.17) is 0 Å². The third-order valence-corrected chi connectivity index (χ3v) is 7.37. The first kappa shape index (κ1) is 29.6. The molecule has 4 rings (SSSR count). The summed E-state index contributed by atoms with van der Waals surface area (Å²) in [6.07, 6.45) is 3.28. The summed E-state index contributed by atoms with van der Waals surface area (Å²) in [7, 11) is 1.32. The zero-order valence-corrected chi connectivity index (χ0v) is 24.1. The van der Waals surface area contributed by atoms with Crippen LogP contribution in [0.5, 0.6) is 0 Å². The number of anilines is 2. The molecule has 0 saturated heterocycles. The topological polar surface area (TPSA) is 131 Å². The van der Waals surface area contributed by atoms with Gasteiger partial charge in [-0.25, -0.2) is 4.79 Å². The smallest absolute Gasteiger partial charge is 0.407 e. The molecule has 2 heterocycles. The Morgan fingerprint density at radius 2 is 1.71 bits per heavy atom. The van der Waals surface area contributed by atoms with Crippen LogP contribution in [0.15, 0.2) is 66.7 Å². The Morgan fingerprint density at radius 3 is 2.49 bits per heavy atom. The van der Waals surface area contributed by atoms with Crippen LogP contribution in [0.25, 0.3) is 0 Å². The number of hydrogen-bond donors (Lipinski definition) is 3. The zero-order valence-electron chi connectivity index (χ0n) is 23.3. The van der Waals surface area contributed by atoms with E-state index in [1.54, 1.807) is 17.4 Å². The lowest BCUT2D eigenvalue weighted by molar-refractivity contribution is -0.115. The molecule has 214 valence electrons. The second-order valence-corrected chi connectivity index (χ2v) is 10.8. The number of carbonyl (C=O) groups is 2. The number of alkyl carbamates (subject to hydrolysis) is 1. The van der Waals surface area contributed by atoms with Crippen LogP contribution >= 0.6 is 11.3 Å². The standard InChI is InChI=1S/C30H35N7O3S/c1-21(24-11-4-3-5-12-24)19-31-29-37-36-28(41-29)14-7-6-13-25-15-16-26(35-34-25)33-27(38)18-22-9-8-10-23(17-22)20-32-30(39)40-2/h3-5,8-12,15-17,21H,6-7,13-14,18-20H2,1-2H3,(H,31,37)(H,32,39)(H,33,35,38). The first-order valence-electron chi connectivity index (χ1n) is 13.6. The van der Waals surface area contributed by atoms with Gasteiger partial charge in [-0.2, -0.15) is 5.10 Å². The zero-order chi connectivity index (χ0) is 28.9. The molecular weight excluding hydrogens is 538 g/mol. The molecule has 1 atom stereocenters. The van der Waals surface area contributed by atoms with Crippen LogP contribution in [0.3, 0.4) is 0 Å². The van der Waals surface area contributed by atoms with E-state index in [0.717, 1.165) is 59.2 Å². The van der Waals surface area contributed by atoms with Gasteiger partial charge in [-0.05, 0) is 54.0 Å². The van der Waals surface area contributed by atoms with Crippen LogP contribution in [-0.2, 0) is 35.3 Å². The van der Waals surface area contributed by atoms with Crippen LogP contribution in [0.4, 0.5) is 15.7 Å². The molecule has 0 radical (unpaired) electrons. The molecule has 0 aliphatic rings. The normalized spacial score (nSPS) is 11.5. The van der Waals surface area contributed by atoms with Gasteiger partial charge in [-0.1, -0.05) is 72.9 Å². The van der Waals surface area contributed by atoms with Crippen molar-refractivity contribution >= 4 is 34.3 Å². The maximum absolute atomic E-state index is 12.5. The monoisotopic (exact) mass is 573 g/mol. The van der Waals surface area contributed by atoms with Crippen LogP contribution in [-0.4, -0.2) is 46.0 Å². The van der Waals surface area contributed by atoms with E-state index in [1.807, 2.05) is 36.4 Å². The lowest BCUT2D eigenvalue weighted by Gasteiger charge is -2.11. The molecule has 0 spiro atoms. The molecule has 0 aliphatic heterocycles. The van der Waals surface area contributed by atoms with Gasteiger partial charge >= 0.3 is 6.09 Å². The Kier molecular flexibility index (Phi) is 11.1. The number of carbonyl (C=O) groups excluding carboxylic acids is 2. The average Bonchev–Trinajstić information content (AvgIpc) is 3.46. The number of benzene rings is 2. The second-order valence-electron chi connectivity index (χ2n) is 9.70. The molecule has 1 unspecified atom stereocenters. The third-order valence-electron chi connectivity index (χ3n) is 6.43. The molecule has 41 heavy (non-hydrogen) atoms. The van der Waals surface area contributed by atoms with Gasteiger partial charge < -0.3 is 20.7 Å². The molecule has 11 heteroatoms. The maximum Gasteiger partial charge on any atom is 0.407 e. The summed E-state index contributed by atoms with van der Waals surface area (Å²) in [6, 6.07) is 21.6. The fourth-order valence-corrected chi connectivity index (χ4v) is 4.96. The summed E-state index contributed by atoms with van der Waals surface area (Å²) in [4.78, 5) is 23.8. The van der Waals surface area contributed by atoms with E-state index in [2.05, 4.69) is 72.3 Å². The van der Waals surface area contributed by atoms with Gasteiger partial charge in [-0.3, -0.25) is 4.79 Å². The highest BCUT2D eigenvalue weighted by atomic mass is 32.1. The van der Waals surface area contributed by atoms with Gasteiger partial charge in [-0.15, -0.1) is 15.3 Å². The van der Waals surface area contributed by atoms with Gasteiger partial charge in [0.05, 0.1) is 19.2 Å². The third kappa shape index (κ3) is 9.95. The highest BCUT2D eigenvalue weighted by Crippen LogP contribution is 2.20. The van der Waals surface area contributed by atoms with E-state index in [0.29, 0.717) is 18.3 Å². The molecule has 2 aromatic carbocycles. The van der Waals surface area contributed by atoms with Gasteiger partial charge in [0, 0.05) is 19.5 Å². The highest BCUT2D eigenvalue weighted by molar-refractivity contribution is 7.15. The predicted molar refractivity (Wildman–Crippen MR) is 160 cm³/mol. The van der Waals surface area contributed by atoms with Crippen LogP contribution in [0, 0.1) is 0 Å². The molecule has 2 aromatic heterocycles. The highest BCUT2D eigenvalue weighted by Gasteiger charge is 2.10. The fraction of sp³-hybridized carbons (Fsp3) is 0.333. The largest absolute Gasteiger partial charge is 0.453 e. The van der Waals surface area contributed by atoms with E-state index >= 15 is 0 Å². The summed E-state index contributed by atoms with van der Waals surface area (Å²) in [6.45, 7) is 3.34.